The van der Waals surface area contributed by atoms with Crippen LogP contribution in [-0.4, -0.2) is 63.8 Å². The van der Waals surface area contributed by atoms with Crippen LogP contribution in [0.2, 0.25) is 0 Å². The summed E-state index contributed by atoms with van der Waals surface area (Å²) in [6, 6.07) is 5.35. The van der Waals surface area contributed by atoms with Gasteiger partial charge < -0.3 is 24.6 Å². The van der Waals surface area contributed by atoms with E-state index in [9.17, 15) is 4.79 Å². The van der Waals surface area contributed by atoms with Gasteiger partial charge in [0.2, 0.25) is 0 Å². The van der Waals surface area contributed by atoms with Crippen molar-refractivity contribution in [1.82, 2.24) is 15.1 Å². The minimum atomic E-state index is -0.188. The maximum absolute atomic E-state index is 12.8. The van der Waals surface area contributed by atoms with Gasteiger partial charge in [-0.25, -0.2) is 4.79 Å². The minimum Gasteiger partial charge on any atom is -0.497 e. The summed E-state index contributed by atoms with van der Waals surface area (Å²) in [5, 5.41) is 3.08. The number of urea groups is 1. The fourth-order valence-electron chi connectivity index (χ4n) is 2.57. The number of nitrogens with one attached hydrogen (secondary N) is 1. The first-order chi connectivity index (χ1) is 11.8. The van der Waals surface area contributed by atoms with E-state index in [0.29, 0.717) is 12.5 Å². The normalized spacial score (nSPS) is 12.2. The number of carbonyl (C=O) groups excluding carboxylic acids is 1. The Balaban J connectivity index is 2.87. The molecule has 0 aromatic heterocycles. The van der Waals surface area contributed by atoms with Gasteiger partial charge in [0.1, 0.15) is 11.5 Å². The van der Waals surface area contributed by atoms with Gasteiger partial charge in [-0.2, -0.15) is 0 Å². The zero-order valence-corrected chi connectivity index (χ0v) is 16.6. The Morgan fingerprint density at radius 1 is 1.12 bits per heavy atom. The Morgan fingerprint density at radius 2 is 1.80 bits per heavy atom. The number of carbonyl (C=O) groups is 1. The molecule has 0 heterocycles. The van der Waals surface area contributed by atoms with Gasteiger partial charge in [0.15, 0.2) is 0 Å². The third kappa shape index (κ3) is 6.82. The van der Waals surface area contributed by atoms with Crippen molar-refractivity contribution in [2.45, 2.75) is 26.8 Å². The topological polar surface area (TPSA) is 54.0 Å². The number of rotatable bonds is 9. The first-order valence-corrected chi connectivity index (χ1v) is 8.70. The molecular formula is C19H33N3O3. The van der Waals surface area contributed by atoms with Gasteiger partial charge in [0.25, 0.3) is 0 Å². The first-order valence-electron chi connectivity index (χ1n) is 8.70. The highest BCUT2D eigenvalue weighted by Crippen LogP contribution is 2.29. The van der Waals surface area contributed by atoms with E-state index in [-0.39, 0.29) is 12.1 Å². The summed E-state index contributed by atoms with van der Waals surface area (Å²) < 4.78 is 10.7. The summed E-state index contributed by atoms with van der Waals surface area (Å²) in [5.74, 6) is 1.88. The molecule has 1 atom stereocenters. The predicted octanol–water partition coefficient (Wildman–Crippen LogP) is 2.99. The van der Waals surface area contributed by atoms with Crippen molar-refractivity contribution in [2.75, 3.05) is 47.9 Å². The lowest BCUT2D eigenvalue weighted by Gasteiger charge is -2.28. The van der Waals surface area contributed by atoms with Crippen LogP contribution >= 0.6 is 0 Å². The molecule has 1 rings (SSSR count). The summed E-state index contributed by atoms with van der Waals surface area (Å²) in [6.07, 6.45) is 0. The molecular weight excluding hydrogens is 318 g/mol. The molecule has 0 aliphatic rings. The highest BCUT2D eigenvalue weighted by Gasteiger charge is 2.20. The van der Waals surface area contributed by atoms with Crippen LogP contribution in [0.5, 0.6) is 11.5 Å². The van der Waals surface area contributed by atoms with Crippen molar-refractivity contribution in [2.24, 2.45) is 5.92 Å². The Hall–Kier alpha value is -1.95. The molecule has 1 aromatic carbocycles. The van der Waals surface area contributed by atoms with E-state index in [2.05, 4.69) is 24.1 Å². The summed E-state index contributed by atoms with van der Waals surface area (Å²) in [6.45, 7) is 8.43. The highest BCUT2D eigenvalue weighted by molar-refractivity contribution is 5.75. The van der Waals surface area contributed by atoms with Crippen LogP contribution in [0.15, 0.2) is 18.2 Å². The Bertz CT molecular complexity index is 547. The Morgan fingerprint density at radius 3 is 2.32 bits per heavy atom. The van der Waals surface area contributed by atoms with E-state index < -0.39 is 0 Å². The van der Waals surface area contributed by atoms with Crippen LogP contribution in [0.25, 0.3) is 0 Å². The molecule has 0 fully saturated rings. The first kappa shape index (κ1) is 21.1. The molecule has 2 amide bonds. The molecule has 0 saturated carbocycles. The molecule has 1 unspecified atom stereocenters. The van der Waals surface area contributed by atoms with Crippen molar-refractivity contribution in [3.05, 3.63) is 23.8 Å². The standard InChI is InChI=1S/C19H33N3O3/c1-14(2)13-22(11-10-21(4)5)19(23)20-15(3)17-12-16(24-6)8-9-18(17)25-7/h8-9,12,14-15H,10-11,13H2,1-7H3,(H,20,23). The second-order valence-electron chi connectivity index (χ2n) is 6.92. The smallest absolute Gasteiger partial charge is 0.317 e. The molecule has 0 aliphatic heterocycles. The third-order valence-corrected chi connectivity index (χ3v) is 3.93. The fraction of sp³-hybridized carbons (Fsp3) is 0.632. The van der Waals surface area contributed by atoms with E-state index in [1.165, 1.54) is 0 Å². The van der Waals surface area contributed by atoms with Gasteiger partial charge in [0.05, 0.1) is 20.3 Å². The number of methoxy groups -OCH3 is 2. The van der Waals surface area contributed by atoms with Gasteiger partial charge in [-0.05, 0) is 45.1 Å². The van der Waals surface area contributed by atoms with Gasteiger partial charge in [0, 0.05) is 25.2 Å². The lowest BCUT2D eigenvalue weighted by Crippen LogP contribution is -2.45. The van der Waals surface area contributed by atoms with Crippen LogP contribution in [0.1, 0.15) is 32.4 Å². The van der Waals surface area contributed by atoms with Crippen LogP contribution < -0.4 is 14.8 Å². The number of hydrogen-bond acceptors (Lipinski definition) is 4. The zero-order valence-electron chi connectivity index (χ0n) is 16.6. The Kier molecular flexibility index (Phi) is 8.55. The highest BCUT2D eigenvalue weighted by atomic mass is 16.5. The number of amides is 2. The third-order valence-electron chi connectivity index (χ3n) is 3.93. The average molecular weight is 351 g/mol. The van der Waals surface area contributed by atoms with E-state index in [4.69, 9.17) is 9.47 Å². The number of ether oxygens (including phenoxy) is 2. The lowest BCUT2D eigenvalue weighted by atomic mass is 10.1. The minimum absolute atomic E-state index is 0.0621. The fourth-order valence-corrected chi connectivity index (χ4v) is 2.57. The number of nitrogens with zero attached hydrogens (tertiary/aromatic N) is 2. The van der Waals surface area contributed by atoms with Crippen molar-refractivity contribution in [3.63, 3.8) is 0 Å². The molecule has 0 spiro atoms. The van der Waals surface area contributed by atoms with E-state index in [1.54, 1.807) is 14.2 Å². The molecule has 1 N–H and O–H groups in total. The maximum Gasteiger partial charge on any atom is 0.317 e. The number of likely N-dealkylation sites (N-methyl/N-ethyl adjacent to an activating group) is 1. The van der Waals surface area contributed by atoms with E-state index in [1.807, 2.05) is 44.1 Å². The molecule has 0 aliphatic carbocycles. The van der Waals surface area contributed by atoms with Crippen molar-refractivity contribution >= 4 is 6.03 Å². The molecule has 6 heteroatoms. The maximum atomic E-state index is 12.8. The van der Waals surface area contributed by atoms with Crippen molar-refractivity contribution in [3.8, 4) is 11.5 Å². The quantitative estimate of drug-likeness (QED) is 0.743. The van der Waals surface area contributed by atoms with Crippen molar-refractivity contribution in [1.29, 1.82) is 0 Å². The second kappa shape index (κ2) is 10.1. The van der Waals surface area contributed by atoms with Gasteiger partial charge in [-0.15, -0.1) is 0 Å². The average Bonchev–Trinajstić information content (AvgIpc) is 2.57. The molecule has 0 radical (unpaired) electrons. The molecule has 6 nitrogen and oxygen atoms in total. The van der Waals surface area contributed by atoms with Gasteiger partial charge in [-0.1, -0.05) is 13.8 Å². The summed E-state index contributed by atoms with van der Waals surface area (Å²) in [5.41, 5.74) is 0.896. The molecule has 1 aromatic rings. The number of hydrogen-bond donors (Lipinski definition) is 1. The summed E-state index contributed by atoms with van der Waals surface area (Å²) in [7, 11) is 7.27. The van der Waals surface area contributed by atoms with Gasteiger partial charge in [-0.3, -0.25) is 0 Å². The predicted molar refractivity (Wildman–Crippen MR) is 101 cm³/mol. The van der Waals surface area contributed by atoms with Crippen LogP contribution in [0.3, 0.4) is 0 Å². The number of benzene rings is 1. The lowest BCUT2D eigenvalue weighted by molar-refractivity contribution is 0.181. The van der Waals surface area contributed by atoms with Gasteiger partial charge >= 0.3 is 6.03 Å². The zero-order chi connectivity index (χ0) is 19.0. The van der Waals surface area contributed by atoms with E-state index in [0.717, 1.165) is 30.2 Å². The van der Waals surface area contributed by atoms with E-state index >= 15 is 0 Å². The molecule has 0 bridgehead atoms. The van der Waals surface area contributed by atoms with Crippen molar-refractivity contribution < 1.29 is 14.3 Å². The Labute approximate surface area is 152 Å². The molecule has 142 valence electrons. The molecule has 25 heavy (non-hydrogen) atoms. The largest absolute Gasteiger partial charge is 0.497 e. The van der Waals surface area contributed by atoms with Crippen LogP contribution in [-0.2, 0) is 0 Å². The summed E-state index contributed by atoms with van der Waals surface area (Å²) in [4.78, 5) is 16.7. The van der Waals surface area contributed by atoms with Crippen LogP contribution in [0, 0.1) is 5.92 Å². The second-order valence-corrected chi connectivity index (χ2v) is 6.92. The molecule has 0 saturated heterocycles. The monoisotopic (exact) mass is 351 g/mol. The summed E-state index contributed by atoms with van der Waals surface area (Å²) >= 11 is 0. The van der Waals surface area contributed by atoms with Crippen LogP contribution in [0.4, 0.5) is 4.79 Å². The SMILES string of the molecule is COc1ccc(OC)c(C(C)NC(=O)N(CCN(C)C)CC(C)C)c1.